The molecular formula is C13H16ClF2N. The van der Waals surface area contributed by atoms with Crippen LogP contribution in [0.4, 0.5) is 8.78 Å². The Balaban J connectivity index is 2.31. The van der Waals surface area contributed by atoms with E-state index in [0.717, 1.165) is 25.5 Å². The van der Waals surface area contributed by atoms with Crippen molar-refractivity contribution in [3.05, 3.63) is 34.4 Å². The molecule has 1 aliphatic carbocycles. The van der Waals surface area contributed by atoms with E-state index in [1.165, 1.54) is 12.5 Å². The molecule has 0 amide bonds. The van der Waals surface area contributed by atoms with Gasteiger partial charge in [-0.1, -0.05) is 24.9 Å². The lowest BCUT2D eigenvalue weighted by Gasteiger charge is -2.35. The van der Waals surface area contributed by atoms with Gasteiger partial charge in [-0.2, -0.15) is 0 Å². The Morgan fingerprint density at radius 2 is 2.00 bits per heavy atom. The van der Waals surface area contributed by atoms with E-state index < -0.39 is 11.6 Å². The summed E-state index contributed by atoms with van der Waals surface area (Å²) in [7, 11) is 0. The molecule has 0 aromatic heterocycles. The zero-order chi connectivity index (χ0) is 12.4. The predicted octanol–water partition coefficient (Wildman–Crippen LogP) is 4.07. The lowest BCUT2D eigenvalue weighted by atomic mass is 9.77. The van der Waals surface area contributed by atoms with Gasteiger partial charge >= 0.3 is 0 Å². The van der Waals surface area contributed by atoms with Crippen LogP contribution in [0.15, 0.2) is 12.1 Å². The first kappa shape index (κ1) is 12.8. The minimum Gasteiger partial charge on any atom is -0.310 e. The van der Waals surface area contributed by atoms with Gasteiger partial charge in [0.05, 0.1) is 0 Å². The molecule has 1 unspecified atom stereocenters. The molecular weight excluding hydrogens is 244 g/mol. The van der Waals surface area contributed by atoms with Crippen molar-refractivity contribution in [1.82, 2.24) is 5.32 Å². The molecule has 2 rings (SSSR count). The molecule has 0 aliphatic heterocycles. The normalized spacial score (nSPS) is 17.9. The third-order valence-corrected chi connectivity index (χ3v) is 3.75. The monoisotopic (exact) mass is 259 g/mol. The third-order valence-electron chi connectivity index (χ3n) is 3.42. The molecule has 1 nitrogen and oxygen atoms in total. The summed E-state index contributed by atoms with van der Waals surface area (Å²) >= 11 is 6.01. The minimum atomic E-state index is -0.886. The molecule has 1 aromatic carbocycles. The van der Waals surface area contributed by atoms with Gasteiger partial charge in [0.15, 0.2) is 11.6 Å². The first-order valence-corrected chi connectivity index (χ1v) is 6.39. The maximum atomic E-state index is 13.3. The fourth-order valence-corrected chi connectivity index (χ4v) is 2.57. The van der Waals surface area contributed by atoms with Crippen LogP contribution in [0, 0.1) is 17.6 Å². The van der Waals surface area contributed by atoms with E-state index in [0.29, 0.717) is 16.5 Å². The maximum Gasteiger partial charge on any atom is 0.160 e. The largest absolute Gasteiger partial charge is 0.310 e. The van der Waals surface area contributed by atoms with Crippen LogP contribution in [0.5, 0.6) is 0 Å². The molecule has 0 bridgehead atoms. The highest BCUT2D eigenvalue weighted by Gasteiger charge is 2.29. The molecule has 4 heteroatoms. The van der Waals surface area contributed by atoms with Crippen LogP contribution < -0.4 is 5.32 Å². The Hall–Kier alpha value is -0.670. The van der Waals surface area contributed by atoms with E-state index in [9.17, 15) is 8.78 Å². The van der Waals surface area contributed by atoms with Gasteiger partial charge < -0.3 is 5.32 Å². The van der Waals surface area contributed by atoms with Gasteiger partial charge in [0.25, 0.3) is 0 Å². The first-order chi connectivity index (χ1) is 8.13. The van der Waals surface area contributed by atoms with Crippen LogP contribution in [-0.4, -0.2) is 6.54 Å². The lowest BCUT2D eigenvalue weighted by molar-refractivity contribution is 0.232. The highest BCUT2D eigenvalue weighted by atomic mass is 35.5. The number of hydrogen-bond acceptors (Lipinski definition) is 1. The van der Waals surface area contributed by atoms with Crippen LogP contribution >= 0.6 is 11.6 Å². The summed E-state index contributed by atoms with van der Waals surface area (Å²) in [5.74, 6) is -1.23. The van der Waals surface area contributed by atoms with E-state index in [4.69, 9.17) is 11.6 Å². The number of halogens is 3. The fourth-order valence-electron chi connectivity index (χ4n) is 2.30. The molecule has 1 fully saturated rings. The highest BCUT2D eigenvalue weighted by Crippen LogP contribution is 2.40. The highest BCUT2D eigenvalue weighted by molar-refractivity contribution is 6.31. The van der Waals surface area contributed by atoms with Crippen LogP contribution in [0.1, 0.15) is 37.8 Å². The fraction of sp³-hybridized carbons (Fsp3) is 0.538. The van der Waals surface area contributed by atoms with Crippen molar-refractivity contribution in [3.8, 4) is 0 Å². The molecule has 0 spiro atoms. The summed E-state index contributed by atoms with van der Waals surface area (Å²) in [6.45, 7) is 2.79. The topological polar surface area (TPSA) is 12.0 Å². The van der Waals surface area contributed by atoms with Crippen LogP contribution in [0.2, 0.25) is 5.02 Å². The minimum absolute atomic E-state index is 0.0383. The lowest BCUT2D eigenvalue weighted by Crippen LogP contribution is -2.32. The molecule has 0 saturated heterocycles. The quantitative estimate of drug-likeness (QED) is 0.804. The SMILES string of the molecule is CCNC(c1cc(F)c(F)cc1Cl)C1CCC1. The molecule has 94 valence electrons. The molecule has 0 heterocycles. The van der Waals surface area contributed by atoms with Gasteiger partial charge in [-0.3, -0.25) is 0 Å². The second-order valence-corrected chi connectivity index (χ2v) is 4.92. The van der Waals surface area contributed by atoms with Crippen molar-refractivity contribution in [3.63, 3.8) is 0 Å². The number of nitrogens with one attached hydrogen (secondary N) is 1. The molecule has 1 aromatic rings. The smallest absolute Gasteiger partial charge is 0.160 e. The molecule has 0 radical (unpaired) electrons. The second-order valence-electron chi connectivity index (χ2n) is 4.51. The summed E-state index contributed by atoms with van der Waals surface area (Å²) in [5.41, 5.74) is 0.678. The molecule has 1 aliphatic rings. The Labute approximate surface area is 105 Å². The average molecular weight is 260 g/mol. The van der Waals surface area contributed by atoms with Crippen molar-refractivity contribution in [2.75, 3.05) is 6.54 Å². The predicted molar refractivity (Wildman–Crippen MR) is 65.1 cm³/mol. The van der Waals surface area contributed by atoms with E-state index >= 15 is 0 Å². The molecule has 1 N–H and O–H groups in total. The van der Waals surface area contributed by atoms with Crippen LogP contribution in [0.25, 0.3) is 0 Å². The summed E-state index contributed by atoms with van der Waals surface area (Å²) in [4.78, 5) is 0. The number of hydrogen-bond donors (Lipinski definition) is 1. The van der Waals surface area contributed by atoms with Gasteiger partial charge in [-0.05, 0) is 43.0 Å². The standard InChI is InChI=1S/C13H16ClF2N/c1-2-17-13(8-4-3-5-8)9-6-11(15)12(16)7-10(9)14/h6-8,13,17H,2-5H2,1H3. The Morgan fingerprint density at radius 3 is 2.53 bits per heavy atom. The summed E-state index contributed by atoms with van der Waals surface area (Å²) in [6, 6.07) is 2.33. The summed E-state index contributed by atoms with van der Waals surface area (Å²) in [5, 5.41) is 3.62. The van der Waals surface area contributed by atoms with Crippen molar-refractivity contribution in [2.24, 2.45) is 5.92 Å². The van der Waals surface area contributed by atoms with Gasteiger partial charge in [0.1, 0.15) is 0 Å². The number of rotatable bonds is 4. The van der Waals surface area contributed by atoms with E-state index in [-0.39, 0.29) is 6.04 Å². The van der Waals surface area contributed by atoms with Gasteiger partial charge in [-0.15, -0.1) is 0 Å². The van der Waals surface area contributed by atoms with E-state index in [1.807, 2.05) is 6.92 Å². The average Bonchev–Trinajstić information content (AvgIpc) is 2.20. The first-order valence-electron chi connectivity index (χ1n) is 6.01. The van der Waals surface area contributed by atoms with Gasteiger partial charge in [0, 0.05) is 11.1 Å². The second kappa shape index (κ2) is 5.32. The van der Waals surface area contributed by atoms with Gasteiger partial charge in [0.2, 0.25) is 0 Å². The third kappa shape index (κ3) is 2.61. The summed E-state index contributed by atoms with van der Waals surface area (Å²) < 4.78 is 26.3. The Kier molecular flexibility index (Phi) is 4.00. The van der Waals surface area contributed by atoms with Gasteiger partial charge in [-0.25, -0.2) is 8.78 Å². The van der Waals surface area contributed by atoms with Crippen molar-refractivity contribution in [1.29, 1.82) is 0 Å². The zero-order valence-electron chi connectivity index (χ0n) is 9.77. The molecule has 1 atom stereocenters. The number of benzene rings is 1. The Morgan fingerprint density at radius 1 is 1.35 bits per heavy atom. The summed E-state index contributed by atoms with van der Waals surface area (Å²) in [6.07, 6.45) is 3.44. The van der Waals surface area contributed by atoms with Crippen LogP contribution in [-0.2, 0) is 0 Å². The maximum absolute atomic E-state index is 13.3. The Bertz CT molecular complexity index is 405. The van der Waals surface area contributed by atoms with Crippen molar-refractivity contribution < 1.29 is 8.78 Å². The van der Waals surface area contributed by atoms with E-state index in [2.05, 4.69) is 5.32 Å². The van der Waals surface area contributed by atoms with E-state index in [1.54, 1.807) is 0 Å². The molecule has 17 heavy (non-hydrogen) atoms. The zero-order valence-corrected chi connectivity index (χ0v) is 10.5. The van der Waals surface area contributed by atoms with Crippen molar-refractivity contribution in [2.45, 2.75) is 32.2 Å². The van der Waals surface area contributed by atoms with Crippen LogP contribution in [0.3, 0.4) is 0 Å². The molecule has 1 saturated carbocycles. The van der Waals surface area contributed by atoms with Crippen molar-refractivity contribution >= 4 is 11.6 Å².